The van der Waals surface area contributed by atoms with Crippen molar-refractivity contribution in [2.75, 3.05) is 26.2 Å². The number of halogens is 2. The number of hydrogen-bond acceptors (Lipinski definition) is 6. The molecule has 0 aliphatic carbocycles. The van der Waals surface area contributed by atoms with E-state index in [1.165, 1.54) is 12.1 Å². The predicted molar refractivity (Wildman–Crippen MR) is 205 cm³/mol. The number of aromatic nitrogens is 4. The summed E-state index contributed by atoms with van der Waals surface area (Å²) in [6, 6.07) is 16.9. The van der Waals surface area contributed by atoms with Gasteiger partial charge in [0.15, 0.2) is 0 Å². The fourth-order valence-electron chi connectivity index (χ4n) is 8.10. The van der Waals surface area contributed by atoms with Crippen LogP contribution < -0.4 is 5.32 Å². The number of nitrogens with zero attached hydrogens (tertiary/aromatic N) is 5. The van der Waals surface area contributed by atoms with Crippen LogP contribution in [0.3, 0.4) is 0 Å². The largest absolute Gasteiger partial charge is 0.343 e. The highest BCUT2D eigenvalue weighted by Gasteiger charge is 2.37. The van der Waals surface area contributed by atoms with E-state index in [0.29, 0.717) is 71.2 Å². The molecule has 3 aromatic carbocycles. The number of carbonyl (C=O) groups excluding carboxylic acids is 3. The second-order valence-electron chi connectivity index (χ2n) is 14.2. The minimum Gasteiger partial charge on any atom is -0.343 e. The SMILES string of the molecule is CCN(CC)[C@H](C)C(=O)N1CCC[C@H]1c1ncc(-c2ccc(-c3ccc(-c4cnc([C@@H]5CCCN5C(=O)[C@H](NC=O)c5ccccc5)[nH]4)c(F)c3)cc2F)[nH]1. The van der Waals surface area contributed by atoms with Gasteiger partial charge in [0.05, 0.1) is 41.9 Å². The Labute approximate surface area is 319 Å². The van der Waals surface area contributed by atoms with E-state index in [1.807, 2.05) is 43.9 Å². The summed E-state index contributed by atoms with van der Waals surface area (Å²) in [5, 5.41) is 2.65. The van der Waals surface area contributed by atoms with Gasteiger partial charge < -0.3 is 25.1 Å². The quantitative estimate of drug-likeness (QED) is 0.112. The highest BCUT2D eigenvalue weighted by molar-refractivity contribution is 5.86. The fraction of sp³-hybridized carbons (Fsp3) is 0.357. The van der Waals surface area contributed by atoms with Crippen molar-refractivity contribution >= 4 is 18.2 Å². The Hall–Kier alpha value is -5.69. The number of nitrogens with one attached hydrogen (secondary N) is 3. The Bertz CT molecular complexity index is 2150. The molecule has 0 spiro atoms. The normalized spacial score (nSPS) is 18.1. The number of likely N-dealkylation sites (tertiary alicyclic amines) is 2. The molecule has 2 aliphatic rings. The molecule has 55 heavy (non-hydrogen) atoms. The molecular weight excluding hydrogens is 703 g/mol. The number of likely N-dealkylation sites (N-methyl/N-ethyl adjacent to an activating group) is 1. The zero-order chi connectivity index (χ0) is 38.6. The number of rotatable bonds is 13. The third-order valence-corrected chi connectivity index (χ3v) is 11.1. The molecule has 7 rings (SSSR count). The number of aromatic amines is 2. The number of H-pyrrole nitrogens is 2. The lowest BCUT2D eigenvalue weighted by Gasteiger charge is -2.31. The van der Waals surface area contributed by atoms with Crippen LogP contribution in [-0.2, 0) is 14.4 Å². The molecular formula is C42H46F2N8O3. The van der Waals surface area contributed by atoms with Gasteiger partial charge in [0.2, 0.25) is 18.2 Å². The van der Waals surface area contributed by atoms with E-state index in [9.17, 15) is 14.4 Å². The molecule has 2 fully saturated rings. The van der Waals surface area contributed by atoms with E-state index in [-0.39, 0.29) is 35.5 Å². The molecule has 3 N–H and O–H groups in total. The lowest BCUT2D eigenvalue weighted by molar-refractivity contribution is -0.137. The predicted octanol–water partition coefficient (Wildman–Crippen LogP) is 6.96. The number of benzene rings is 3. The summed E-state index contributed by atoms with van der Waals surface area (Å²) in [5.41, 5.74) is 3.26. The average molecular weight is 749 g/mol. The summed E-state index contributed by atoms with van der Waals surface area (Å²) in [4.78, 5) is 59.8. The second kappa shape index (κ2) is 16.4. The molecule has 0 unspecified atom stereocenters. The summed E-state index contributed by atoms with van der Waals surface area (Å²) in [5.74, 6) is -0.00949. The van der Waals surface area contributed by atoms with Crippen LogP contribution >= 0.6 is 0 Å². The first-order valence-corrected chi connectivity index (χ1v) is 19.0. The van der Waals surface area contributed by atoms with Crippen molar-refractivity contribution in [2.45, 2.75) is 70.6 Å². The smallest absolute Gasteiger partial charge is 0.250 e. The Morgan fingerprint density at radius 2 is 1.33 bits per heavy atom. The average Bonchev–Trinajstić information content (AvgIpc) is 4.04. The highest BCUT2D eigenvalue weighted by Crippen LogP contribution is 2.36. The third kappa shape index (κ3) is 7.53. The van der Waals surface area contributed by atoms with Crippen LogP contribution in [0.15, 0.2) is 79.1 Å². The Morgan fingerprint density at radius 3 is 1.80 bits per heavy atom. The van der Waals surface area contributed by atoms with Gasteiger partial charge >= 0.3 is 0 Å². The maximum Gasteiger partial charge on any atom is 0.250 e. The molecule has 0 radical (unpaired) electrons. The molecule has 4 atom stereocenters. The van der Waals surface area contributed by atoms with E-state index in [1.54, 1.807) is 53.7 Å². The van der Waals surface area contributed by atoms with Gasteiger partial charge in [-0.15, -0.1) is 0 Å². The fourth-order valence-corrected chi connectivity index (χ4v) is 8.10. The zero-order valence-corrected chi connectivity index (χ0v) is 31.3. The molecule has 13 heteroatoms. The zero-order valence-electron chi connectivity index (χ0n) is 31.3. The molecule has 2 saturated heterocycles. The summed E-state index contributed by atoms with van der Waals surface area (Å²) in [6.07, 6.45) is 6.74. The van der Waals surface area contributed by atoms with Crippen LogP contribution in [0.2, 0.25) is 0 Å². The van der Waals surface area contributed by atoms with Crippen LogP contribution in [0.1, 0.15) is 81.8 Å². The molecule has 286 valence electrons. The van der Waals surface area contributed by atoms with Gasteiger partial charge in [-0.2, -0.15) is 0 Å². The first-order chi connectivity index (χ1) is 26.7. The first-order valence-electron chi connectivity index (χ1n) is 19.0. The van der Waals surface area contributed by atoms with Crippen LogP contribution in [0.4, 0.5) is 8.78 Å². The van der Waals surface area contributed by atoms with Crippen molar-refractivity contribution in [1.82, 2.24) is 40.0 Å². The van der Waals surface area contributed by atoms with Crippen LogP contribution in [-0.4, -0.2) is 85.1 Å². The van der Waals surface area contributed by atoms with Crippen molar-refractivity contribution < 1.29 is 23.2 Å². The summed E-state index contributed by atoms with van der Waals surface area (Å²) >= 11 is 0. The minimum absolute atomic E-state index is 0.0697. The number of imidazole rings is 2. The maximum absolute atomic E-state index is 15.7. The van der Waals surface area contributed by atoms with Gasteiger partial charge in [0.25, 0.3) is 0 Å². The minimum atomic E-state index is -0.832. The number of amides is 3. The van der Waals surface area contributed by atoms with E-state index in [4.69, 9.17) is 0 Å². The van der Waals surface area contributed by atoms with Gasteiger partial charge in [0.1, 0.15) is 29.3 Å². The van der Waals surface area contributed by atoms with Gasteiger partial charge in [-0.3, -0.25) is 19.3 Å². The molecule has 5 aromatic rings. The monoisotopic (exact) mass is 748 g/mol. The summed E-state index contributed by atoms with van der Waals surface area (Å²) < 4.78 is 31.4. The van der Waals surface area contributed by atoms with Crippen molar-refractivity contribution in [3.05, 3.63) is 108 Å². The number of hydrogen-bond donors (Lipinski definition) is 3. The van der Waals surface area contributed by atoms with Gasteiger partial charge in [0, 0.05) is 24.2 Å². The molecule has 0 saturated carbocycles. The second-order valence-corrected chi connectivity index (χ2v) is 14.2. The molecule has 4 heterocycles. The Balaban J connectivity index is 1.05. The van der Waals surface area contributed by atoms with Crippen LogP contribution in [0, 0.1) is 11.6 Å². The van der Waals surface area contributed by atoms with Crippen LogP contribution in [0.25, 0.3) is 33.6 Å². The molecule has 0 bridgehead atoms. The van der Waals surface area contributed by atoms with Crippen LogP contribution in [0.5, 0.6) is 0 Å². The van der Waals surface area contributed by atoms with E-state index < -0.39 is 17.7 Å². The van der Waals surface area contributed by atoms with Crippen molar-refractivity contribution in [2.24, 2.45) is 0 Å². The van der Waals surface area contributed by atoms with Gasteiger partial charge in [-0.05, 0) is 86.7 Å². The van der Waals surface area contributed by atoms with Gasteiger partial charge in [-0.25, -0.2) is 18.7 Å². The standard InChI is InChI=1S/C42H46F2N8O3/c1-4-50(5-2)26(3)41(54)51-19-9-13-36(51)39-45-23-34(48-39)30-17-15-28(21-32(30)43)29-16-18-31(33(44)22-29)35-24-46-40(49-35)37-14-10-20-52(37)42(55)38(47-25-53)27-11-7-6-8-12-27/h6-8,11-12,15-18,21-26,36-38H,4-5,9-10,13-14,19-20H2,1-3H3,(H,45,48)(H,46,49)(H,47,53)/t26-,36+,37+,38-/m1/s1. The number of carbonyl (C=O) groups is 3. The lowest BCUT2D eigenvalue weighted by atomic mass is 10.00. The molecule has 2 aliphatic heterocycles. The maximum atomic E-state index is 15.7. The highest BCUT2D eigenvalue weighted by atomic mass is 19.1. The van der Waals surface area contributed by atoms with Crippen molar-refractivity contribution in [3.63, 3.8) is 0 Å². The third-order valence-electron chi connectivity index (χ3n) is 11.1. The van der Waals surface area contributed by atoms with E-state index in [2.05, 4.69) is 30.2 Å². The summed E-state index contributed by atoms with van der Waals surface area (Å²) in [7, 11) is 0. The van der Waals surface area contributed by atoms with Crippen molar-refractivity contribution in [1.29, 1.82) is 0 Å². The van der Waals surface area contributed by atoms with E-state index in [0.717, 1.165) is 32.4 Å². The van der Waals surface area contributed by atoms with Gasteiger partial charge in [-0.1, -0.05) is 56.3 Å². The van der Waals surface area contributed by atoms with E-state index >= 15 is 8.78 Å². The Kier molecular flexibility index (Phi) is 11.2. The molecule has 3 amide bonds. The summed E-state index contributed by atoms with van der Waals surface area (Å²) in [6.45, 7) is 8.76. The lowest BCUT2D eigenvalue weighted by Crippen LogP contribution is -2.46. The molecule has 2 aromatic heterocycles. The van der Waals surface area contributed by atoms with Crippen molar-refractivity contribution in [3.8, 4) is 33.6 Å². The topological polar surface area (TPSA) is 130 Å². The first kappa shape index (κ1) is 37.6. The molecule has 11 nitrogen and oxygen atoms in total. The Morgan fingerprint density at radius 1 is 0.818 bits per heavy atom.